The zero-order valence-corrected chi connectivity index (χ0v) is 19.4. The fraction of sp³-hybridized carbons (Fsp3) is 0.458. The zero-order chi connectivity index (χ0) is 23.6. The van der Waals surface area contributed by atoms with Gasteiger partial charge >= 0.3 is 0 Å². The summed E-state index contributed by atoms with van der Waals surface area (Å²) in [5.41, 5.74) is 0.444. The fourth-order valence-corrected chi connectivity index (χ4v) is 6.34. The Morgan fingerprint density at radius 3 is 2.45 bits per heavy atom. The van der Waals surface area contributed by atoms with Crippen molar-refractivity contribution in [2.75, 3.05) is 20.1 Å². The van der Waals surface area contributed by atoms with E-state index in [0.717, 1.165) is 31.0 Å². The summed E-state index contributed by atoms with van der Waals surface area (Å²) < 4.78 is 62.3. The molecule has 1 aliphatic heterocycles. The lowest BCUT2D eigenvalue weighted by atomic mass is 9.92. The van der Waals surface area contributed by atoms with Gasteiger partial charge in [0.25, 0.3) is 5.91 Å². The molecule has 0 radical (unpaired) electrons. The molecule has 2 atom stereocenters. The van der Waals surface area contributed by atoms with Gasteiger partial charge in [-0.05, 0) is 62.4 Å². The Kier molecular flexibility index (Phi) is 6.99. The molecule has 9 heteroatoms. The number of amides is 1. The number of ether oxygens (including phenoxy) is 1. The predicted molar refractivity (Wildman–Crippen MR) is 120 cm³/mol. The third-order valence-corrected chi connectivity index (χ3v) is 8.32. The average Bonchev–Trinajstić information content (AvgIpc) is 2.80. The maximum absolute atomic E-state index is 13.9. The smallest absolute Gasteiger partial charge is 0.257 e. The SMILES string of the molecule is CN1CCCCN(S(=O)(=O)c2ccc(F)c(F)c2)[C@@H]2CCCC[C@@H]2Oc2ccccc2C1=O. The molecule has 33 heavy (non-hydrogen) atoms. The standard InChI is InChI=1S/C24H28F2N2O4S/c1-27-14-6-7-15-28(33(30,31)17-12-13-19(25)20(26)16-17)21-9-3-5-11-23(21)32-22-10-4-2-8-18(22)24(27)29/h2,4,8,10,12-13,16,21,23H,3,5-7,9,11,14-15H2,1H3/t21-,23+/m1/s1. The van der Waals surface area contributed by atoms with Gasteiger partial charge < -0.3 is 9.64 Å². The Bertz CT molecular complexity index is 1130. The van der Waals surface area contributed by atoms with Gasteiger partial charge in [-0.25, -0.2) is 17.2 Å². The Labute approximate surface area is 193 Å². The largest absolute Gasteiger partial charge is 0.488 e. The minimum Gasteiger partial charge on any atom is -0.488 e. The molecule has 0 saturated heterocycles. The van der Waals surface area contributed by atoms with Crippen LogP contribution in [-0.4, -0.2) is 55.8 Å². The molecule has 0 aromatic heterocycles. The van der Waals surface area contributed by atoms with Gasteiger partial charge in [0, 0.05) is 20.1 Å². The second-order valence-corrected chi connectivity index (χ2v) is 10.5. The number of sulfonamides is 1. The molecule has 0 bridgehead atoms. The maximum Gasteiger partial charge on any atom is 0.257 e. The van der Waals surface area contributed by atoms with Crippen molar-refractivity contribution < 1.29 is 26.7 Å². The van der Waals surface area contributed by atoms with Crippen molar-refractivity contribution in [1.29, 1.82) is 0 Å². The molecule has 4 rings (SSSR count). The van der Waals surface area contributed by atoms with Crippen LogP contribution in [0.3, 0.4) is 0 Å². The van der Waals surface area contributed by atoms with Crippen molar-refractivity contribution in [3.05, 3.63) is 59.7 Å². The van der Waals surface area contributed by atoms with Gasteiger partial charge in [-0.1, -0.05) is 18.6 Å². The molecule has 2 aromatic carbocycles. The van der Waals surface area contributed by atoms with Crippen LogP contribution < -0.4 is 4.74 Å². The zero-order valence-electron chi connectivity index (χ0n) is 18.5. The van der Waals surface area contributed by atoms with E-state index in [9.17, 15) is 22.0 Å². The van der Waals surface area contributed by atoms with E-state index in [-0.39, 0.29) is 17.3 Å². The van der Waals surface area contributed by atoms with Crippen LogP contribution in [0, 0.1) is 11.6 Å². The Morgan fingerprint density at radius 1 is 0.939 bits per heavy atom. The van der Waals surface area contributed by atoms with E-state index in [1.807, 2.05) is 0 Å². The molecule has 2 aliphatic rings. The van der Waals surface area contributed by atoms with Crippen LogP contribution in [0.25, 0.3) is 0 Å². The first kappa shape index (κ1) is 23.6. The number of carbonyl (C=O) groups excluding carboxylic acids is 1. The highest BCUT2D eigenvalue weighted by atomic mass is 32.2. The topological polar surface area (TPSA) is 66.9 Å². The highest BCUT2D eigenvalue weighted by Gasteiger charge is 2.39. The second-order valence-electron chi connectivity index (χ2n) is 8.63. The molecule has 1 saturated carbocycles. The van der Waals surface area contributed by atoms with Crippen LogP contribution >= 0.6 is 0 Å². The number of benzene rings is 2. The van der Waals surface area contributed by atoms with Crippen LogP contribution in [0.15, 0.2) is 47.4 Å². The Morgan fingerprint density at radius 2 is 1.67 bits per heavy atom. The van der Waals surface area contributed by atoms with E-state index in [0.29, 0.717) is 43.5 Å². The van der Waals surface area contributed by atoms with Crippen molar-refractivity contribution in [3.63, 3.8) is 0 Å². The number of carbonyl (C=O) groups is 1. The molecule has 1 amide bonds. The van der Waals surface area contributed by atoms with E-state index < -0.39 is 33.8 Å². The summed E-state index contributed by atoms with van der Waals surface area (Å²) in [5, 5.41) is 0. The fourth-order valence-electron chi connectivity index (χ4n) is 4.61. The van der Waals surface area contributed by atoms with Crippen LogP contribution in [0.2, 0.25) is 0 Å². The summed E-state index contributed by atoms with van der Waals surface area (Å²) >= 11 is 0. The molecular weight excluding hydrogens is 450 g/mol. The van der Waals surface area contributed by atoms with Crippen LogP contribution in [-0.2, 0) is 10.0 Å². The van der Waals surface area contributed by atoms with Crippen molar-refractivity contribution in [2.45, 2.75) is 55.6 Å². The lowest BCUT2D eigenvalue weighted by Gasteiger charge is -2.39. The monoisotopic (exact) mass is 478 g/mol. The minimum absolute atomic E-state index is 0.134. The van der Waals surface area contributed by atoms with Crippen LogP contribution in [0.4, 0.5) is 8.78 Å². The Balaban J connectivity index is 1.75. The highest BCUT2D eigenvalue weighted by molar-refractivity contribution is 7.89. The van der Waals surface area contributed by atoms with Gasteiger partial charge in [-0.3, -0.25) is 4.79 Å². The minimum atomic E-state index is -4.10. The summed E-state index contributed by atoms with van der Waals surface area (Å²) in [5.74, 6) is -2.00. The van der Waals surface area contributed by atoms with Gasteiger partial charge in [0.1, 0.15) is 11.9 Å². The second kappa shape index (κ2) is 9.77. The Hall–Kier alpha value is -2.52. The highest BCUT2D eigenvalue weighted by Crippen LogP contribution is 2.33. The molecule has 0 unspecified atom stereocenters. The molecular formula is C24H28F2N2O4S. The van der Waals surface area contributed by atoms with Gasteiger partial charge in [-0.2, -0.15) is 4.31 Å². The van der Waals surface area contributed by atoms with E-state index in [1.54, 1.807) is 36.2 Å². The van der Waals surface area contributed by atoms with E-state index in [4.69, 9.17) is 4.74 Å². The van der Waals surface area contributed by atoms with E-state index >= 15 is 0 Å². The van der Waals surface area contributed by atoms with Crippen molar-refractivity contribution in [3.8, 4) is 5.75 Å². The van der Waals surface area contributed by atoms with Crippen molar-refractivity contribution in [2.24, 2.45) is 0 Å². The third kappa shape index (κ3) is 4.89. The average molecular weight is 479 g/mol. The van der Waals surface area contributed by atoms with Crippen LogP contribution in [0.5, 0.6) is 5.75 Å². The number of halogens is 2. The number of nitrogens with zero attached hydrogens (tertiary/aromatic N) is 2. The van der Waals surface area contributed by atoms with Gasteiger partial charge in [0.15, 0.2) is 11.6 Å². The number of para-hydroxylation sites is 1. The normalized spacial score (nSPS) is 23.0. The first-order valence-electron chi connectivity index (χ1n) is 11.3. The summed E-state index contributed by atoms with van der Waals surface area (Å²) in [7, 11) is -2.38. The maximum atomic E-state index is 13.9. The summed E-state index contributed by atoms with van der Waals surface area (Å²) in [6.07, 6.45) is 3.58. The quantitative estimate of drug-likeness (QED) is 0.649. The molecule has 0 N–H and O–H groups in total. The third-order valence-electron chi connectivity index (χ3n) is 6.40. The molecule has 1 aliphatic carbocycles. The first-order chi connectivity index (χ1) is 15.8. The number of hydrogen-bond acceptors (Lipinski definition) is 4. The molecule has 1 heterocycles. The van der Waals surface area contributed by atoms with Gasteiger partial charge in [0.2, 0.25) is 10.0 Å². The lowest BCUT2D eigenvalue weighted by molar-refractivity contribution is 0.0658. The number of fused-ring (bicyclic) bond motifs is 2. The van der Waals surface area contributed by atoms with E-state index in [2.05, 4.69) is 0 Å². The predicted octanol–water partition coefficient (Wildman–Crippen LogP) is 4.21. The molecule has 6 nitrogen and oxygen atoms in total. The molecule has 0 spiro atoms. The molecule has 2 aromatic rings. The lowest BCUT2D eigenvalue weighted by Crippen LogP contribution is -2.51. The summed E-state index contributed by atoms with van der Waals surface area (Å²) in [4.78, 5) is 14.3. The first-order valence-corrected chi connectivity index (χ1v) is 12.7. The number of rotatable bonds is 2. The molecule has 178 valence electrons. The number of hydrogen-bond donors (Lipinski definition) is 0. The summed E-state index contributed by atoms with van der Waals surface area (Å²) in [6.45, 7) is 0.663. The van der Waals surface area contributed by atoms with E-state index in [1.165, 1.54) is 4.31 Å². The van der Waals surface area contributed by atoms with Gasteiger partial charge in [-0.15, -0.1) is 0 Å². The van der Waals surface area contributed by atoms with Crippen molar-refractivity contribution >= 4 is 15.9 Å². The van der Waals surface area contributed by atoms with Crippen LogP contribution in [0.1, 0.15) is 48.9 Å². The summed E-state index contributed by atoms with van der Waals surface area (Å²) in [6, 6.07) is 9.21. The van der Waals surface area contributed by atoms with Gasteiger partial charge in [0.05, 0.1) is 16.5 Å². The van der Waals surface area contributed by atoms with Crippen molar-refractivity contribution in [1.82, 2.24) is 9.21 Å². The molecule has 1 fully saturated rings.